The molecule has 0 aliphatic heterocycles. The molecule has 0 radical (unpaired) electrons. The van der Waals surface area contributed by atoms with E-state index in [2.05, 4.69) is 11.3 Å². The first-order valence-corrected chi connectivity index (χ1v) is 4.76. The minimum absolute atomic E-state index is 0. The third kappa shape index (κ3) is 12.8. The zero-order valence-corrected chi connectivity index (χ0v) is 11.3. The van der Waals surface area contributed by atoms with Crippen LogP contribution in [0.15, 0.2) is 12.7 Å². The number of esters is 1. The Kier molecular flexibility index (Phi) is 10.1. The number of hydrogen-bond acceptors (Lipinski definition) is 5. The van der Waals surface area contributed by atoms with Crippen LogP contribution in [0.3, 0.4) is 0 Å². The normalized spacial score (nSPS) is 9.92. The van der Waals surface area contributed by atoms with Crippen molar-refractivity contribution >= 4 is 16.1 Å². The Bertz CT molecular complexity index is 258. The minimum Gasteiger partial charge on any atom is -0.748 e. The molecule has 0 atom stereocenters. The number of carbonyl (C=O) groups excluding carboxylic acids is 1. The minimum atomic E-state index is -4.20. The zero-order chi connectivity index (χ0) is 9.61. The Labute approximate surface area is 120 Å². The van der Waals surface area contributed by atoms with E-state index in [-0.39, 0.29) is 64.4 Å². The van der Waals surface area contributed by atoms with Crippen molar-refractivity contribution in [3.8, 4) is 0 Å². The molecule has 0 aromatic heterocycles. The first-order chi connectivity index (χ1) is 5.45. The van der Waals surface area contributed by atoms with E-state index in [0.717, 1.165) is 6.08 Å². The van der Waals surface area contributed by atoms with Crippen LogP contribution in [0.25, 0.3) is 0 Å². The predicted octanol–water partition coefficient (Wildman–Crippen LogP) is -3.35. The van der Waals surface area contributed by atoms with Crippen molar-refractivity contribution in [2.45, 2.75) is 6.42 Å². The molecule has 0 amide bonds. The van der Waals surface area contributed by atoms with Crippen molar-refractivity contribution < 1.29 is 73.9 Å². The first-order valence-electron chi connectivity index (χ1n) is 3.18. The number of carbonyl (C=O) groups is 1. The van der Waals surface area contributed by atoms with Crippen LogP contribution in [0.5, 0.6) is 0 Å². The van der Waals surface area contributed by atoms with Crippen LogP contribution in [0.2, 0.25) is 0 Å². The van der Waals surface area contributed by atoms with Gasteiger partial charge in [0.25, 0.3) is 0 Å². The van der Waals surface area contributed by atoms with Gasteiger partial charge in [0.15, 0.2) is 0 Å². The fourth-order valence-electron chi connectivity index (χ4n) is 0.467. The second kappa shape index (κ2) is 8.10. The van der Waals surface area contributed by atoms with Crippen LogP contribution in [-0.2, 0) is 19.6 Å². The Morgan fingerprint density at radius 2 is 2.08 bits per heavy atom. The largest absolute Gasteiger partial charge is 1.00 e. The monoisotopic (exact) mass is 232 g/mol. The van der Waals surface area contributed by atoms with E-state index >= 15 is 0 Å². The smallest absolute Gasteiger partial charge is 0.748 e. The van der Waals surface area contributed by atoms with Crippen molar-refractivity contribution in [1.29, 1.82) is 0 Å². The zero-order valence-electron chi connectivity index (χ0n) is 7.36. The molecule has 7 heteroatoms. The summed E-state index contributed by atoms with van der Waals surface area (Å²) in [7, 11) is -4.20. The van der Waals surface area contributed by atoms with Gasteiger partial charge in [0, 0.05) is 11.8 Å². The molecule has 0 saturated heterocycles. The summed E-state index contributed by atoms with van der Waals surface area (Å²) in [4.78, 5) is 10.4. The number of hydrogen-bond donors (Lipinski definition) is 0. The van der Waals surface area contributed by atoms with E-state index in [4.69, 9.17) is 0 Å². The quantitative estimate of drug-likeness (QED) is 0.163. The Morgan fingerprint density at radius 1 is 1.54 bits per heavy atom. The van der Waals surface area contributed by atoms with Crippen molar-refractivity contribution in [2.75, 3.05) is 12.4 Å². The number of ether oxygens (including phenoxy) is 1. The molecule has 0 aromatic carbocycles. The fraction of sp³-hybridized carbons (Fsp3) is 0.500. The molecule has 0 N–H and O–H groups in total. The van der Waals surface area contributed by atoms with E-state index in [0.29, 0.717) is 0 Å². The summed E-state index contributed by atoms with van der Waals surface area (Å²) in [6.07, 6.45) is 0.983. The second-order valence-electron chi connectivity index (χ2n) is 1.99. The van der Waals surface area contributed by atoms with Crippen LogP contribution in [-0.4, -0.2) is 31.3 Å². The first kappa shape index (κ1) is 16.2. The van der Waals surface area contributed by atoms with Gasteiger partial charge in [-0.2, -0.15) is 0 Å². The van der Waals surface area contributed by atoms with E-state index < -0.39 is 21.8 Å². The van der Waals surface area contributed by atoms with Gasteiger partial charge in [0.1, 0.15) is 0 Å². The molecule has 0 unspecified atom stereocenters. The van der Waals surface area contributed by atoms with E-state index in [1.54, 1.807) is 0 Å². The van der Waals surface area contributed by atoms with Gasteiger partial charge in [-0.15, -0.1) is 0 Å². The molecule has 0 bridgehead atoms. The van der Waals surface area contributed by atoms with Gasteiger partial charge in [0.2, 0.25) is 0 Å². The third-order valence-electron chi connectivity index (χ3n) is 0.950. The maximum Gasteiger partial charge on any atom is 1.00 e. The molecule has 0 heterocycles. The van der Waals surface area contributed by atoms with Crippen LogP contribution >= 0.6 is 0 Å². The van der Waals surface area contributed by atoms with Gasteiger partial charge in [-0.05, 0) is 6.42 Å². The average Bonchev–Trinajstić information content (AvgIpc) is 1.96. The molecule has 0 spiro atoms. The Hall–Kier alpha value is 0.756. The van der Waals surface area contributed by atoms with E-state index in [9.17, 15) is 17.8 Å². The summed E-state index contributed by atoms with van der Waals surface area (Å²) < 4.78 is 34.5. The molecule has 13 heavy (non-hydrogen) atoms. The average molecular weight is 232 g/mol. The van der Waals surface area contributed by atoms with E-state index in [1.165, 1.54) is 0 Å². The van der Waals surface area contributed by atoms with E-state index in [1.807, 2.05) is 0 Å². The molecule has 0 saturated carbocycles. The summed E-state index contributed by atoms with van der Waals surface area (Å²) in [6, 6.07) is 0. The Morgan fingerprint density at radius 3 is 2.46 bits per heavy atom. The van der Waals surface area contributed by atoms with Gasteiger partial charge < -0.3 is 9.29 Å². The second-order valence-corrected chi connectivity index (χ2v) is 3.51. The number of rotatable bonds is 5. The summed E-state index contributed by atoms with van der Waals surface area (Å²) >= 11 is 0. The van der Waals surface area contributed by atoms with Gasteiger partial charge in [-0.25, -0.2) is 13.2 Å². The molecular formula is C6H9KO5S. The SMILES string of the molecule is C=CC(=O)OCCCS(=O)(=O)[O-].[K+]. The van der Waals surface area contributed by atoms with Crippen molar-refractivity contribution in [3.63, 3.8) is 0 Å². The van der Waals surface area contributed by atoms with Gasteiger partial charge in [0.05, 0.1) is 16.7 Å². The topological polar surface area (TPSA) is 83.5 Å². The standard InChI is InChI=1S/C6H10O5S.K/c1-2-6(7)11-4-3-5-12(8,9)10;/h2H,1,3-5H2,(H,8,9,10);/q;+1/p-1. The van der Waals surface area contributed by atoms with Crippen LogP contribution in [0.4, 0.5) is 0 Å². The fourth-order valence-corrected chi connectivity index (χ4v) is 0.939. The summed E-state index contributed by atoms with van der Waals surface area (Å²) in [5.74, 6) is -1.14. The van der Waals surface area contributed by atoms with Gasteiger partial charge in [-0.1, -0.05) is 6.58 Å². The molecule has 0 aliphatic rings. The van der Waals surface area contributed by atoms with Crippen LogP contribution in [0.1, 0.15) is 6.42 Å². The summed E-state index contributed by atoms with van der Waals surface area (Å²) in [5.41, 5.74) is 0. The predicted molar refractivity (Wildman–Crippen MR) is 40.3 cm³/mol. The van der Waals surface area contributed by atoms with Crippen LogP contribution < -0.4 is 51.4 Å². The third-order valence-corrected chi connectivity index (χ3v) is 1.74. The molecule has 70 valence electrons. The maximum absolute atomic E-state index is 10.4. The molecule has 0 aliphatic carbocycles. The Balaban J connectivity index is 0. The molecule has 0 fully saturated rings. The van der Waals surface area contributed by atoms with Gasteiger partial charge in [-0.3, -0.25) is 0 Å². The van der Waals surface area contributed by atoms with Crippen molar-refractivity contribution in [2.24, 2.45) is 0 Å². The molecule has 5 nitrogen and oxygen atoms in total. The van der Waals surface area contributed by atoms with Gasteiger partial charge >= 0.3 is 57.4 Å². The maximum atomic E-state index is 10.4. The van der Waals surface area contributed by atoms with Crippen molar-refractivity contribution in [3.05, 3.63) is 12.7 Å². The van der Waals surface area contributed by atoms with Crippen molar-refractivity contribution in [1.82, 2.24) is 0 Å². The summed E-state index contributed by atoms with van der Waals surface area (Å²) in [6.45, 7) is 3.06. The molecule has 0 rings (SSSR count). The molecule has 0 aromatic rings. The van der Waals surface area contributed by atoms with Crippen LogP contribution in [0, 0.1) is 0 Å². The molecular weight excluding hydrogens is 223 g/mol. The summed E-state index contributed by atoms with van der Waals surface area (Å²) in [5, 5.41) is 0.